The quantitative estimate of drug-likeness (QED) is 0.744. The minimum atomic E-state index is -4.16. The lowest BCUT2D eigenvalue weighted by atomic mass is 10.2. The van der Waals surface area contributed by atoms with Crippen molar-refractivity contribution >= 4 is 0 Å². The number of nitrogens with one attached hydrogen (secondary N) is 1. The first-order chi connectivity index (χ1) is 9.89. The average Bonchev–Trinajstić information content (AvgIpc) is 3.14. The summed E-state index contributed by atoms with van der Waals surface area (Å²) in [5.74, 6) is 1.44. The summed E-state index contributed by atoms with van der Waals surface area (Å²) >= 11 is 0. The fourth-order valence-electron chi connectivity index (χ4n) is 2.41. The summed E-state index contributed by atoms with van der Waals surface area (Å²) in [5.41, 5.74) is 0.997. The Morgan fingerprint density at radius 2 is 2.10 bits per heavy atom. The maximum absolute atomic E-state index is 12.6. The van der Waals surface area contributed by atoms with Crippen LogP contribution in [-0.4, -0.2) is 30.2 Å². The molecule has 1 heterocycles. The van der Waals surface area contributed by atoms with E-state index in [0.29, 0.717) is 12.3 Å². The maximum Gasteiger partial charge on any atom is 0.401 e. The SMILES string of the molecule is CCCNCc1oc(CN(CC(F)(F)F)C2CC2)cc1C. The van der Waals surface area contributed by atoms with Gasteiger partial charge in [-0.1, -0.05) is 6.92 Å². The number of nitrogens with zero attached hydrogens (tertiary/aromatic N) is 1. The highest BCUT2D eigenvalue weighted by Gasteiger charge is 2.38. The van der Waals surface area contributed by atoms with E-state index < -0.39 is 12.7 Å². The van der Waals surface area contributed by atoms with Crippen LogP contribution >= 0.6 is 0 Å². The molecule has 1 aromatic rings. The van der Waals surface area contributed by atoms with E-state index in [2.05, 4.69) is 12.2 Å². The monoisotopic (exact) mass is 304 g/mol. The molecule has 120 valence electrons. The van der Waals surface area contributed by atoms with Crippen LogP contribution in [0.25, 0.3) is 0 Å². The fraction of sp³-hybridized carbons (Fsp3) is 0.733. The molecule has 2 rings (SSSR count). The average molecular weight is 304 g/mol. The molecule has 1 aliphatic rings. The third kappa shape index (κ3) is 5.36. The molecule has 0 saturated heterocycles. The lowest BCUT2D eigenvalue weighted by Crippen LogP contribution is -2.35. The van der Waals surface area contributed by atoms with Crippen LogP contribution in [0.2, 0.25) is 0 Å². The highest BCUT2D eigenvalue weighted by Crippen LogP contribution is 2.32. The topological polar surface area (TPSA) is 28.4 Å². The molecule has 0 aliphatic heterocycles. The second kappa shape index (κ2) is 6.83. The summed E-state index contributed by atoms with van der Waals surface area (Å²) in [6, 6.07) is 1.91. The van der Waals surface area contributed by atoms with Gasteiger partial charge in [0.1, 0.15) is 11.5 Å². The molecule has 21 heavy (non-hydrogen) atoms. The van der Waals surface area contributed by atoms with E-state index in [1.165, 1.54) is 4.90 Å². The molecule has 0 unspecified atom stereocenters. The Balaban J connectivity index is 1.95. The molecule has 0 radical (unpaired) electrons. The highest BCUT2D eigenvalue weighted by atomic mass is 19.4. The van der Waals surface area contributed by atoms with Gasteiger partial charge in [0.2, 0.25) is 0 Å². The van der Waals surface area contributed by atoms with Crippen molar-refractivity contribution in [3.05, 3.63) is 23.2 Å². The van der Waals surface area contributed by atoms with Crippen LogP contribution in [0.4, 0.5) is 13.2 Å². The van der Waals surface area contributed by atoms with E-state index in [9.17, 15) is 13.2 Å². The zero-order chi connectivity index (χ0) is 15.5. The Labute approximate surface area is 123 Å². The van der Waals surface area contributed by atoms with Crippen molar-refractivity contribution in [2.75, 3.05) is 13.1 Å². The highest BCUT2D eigenvalue weighted by molar-refractivity contribution is 5.20. The summed E-state index contributed by atoms with van der Waals surface area (Å²) in [5, 5.41) is 3.24. The predicted molar refractivity (Wildman–Crippen MR) is 74.9 cm³/mol. The third-order valence-electron chi connectivity index (χ3n) is 3.59. The van der Waals surface area contributed by atoms with Crippen molar-refractivity contribution in [2.24, 2.45) is 0 Å². The van der Waals surface area contributed by atoms with Gasteiger partial charge in [-0.2, -0.15) is 13.2 Å². The molecule has 1 saturated carbocycles. The zero-order valence-corrected chi connectivity index (χ0v) is 12.6. The first-order valence-corrected chi connectivity index (χ1v) is 7.48. The van der Waals surface area contributed by atoms with E-state index in [1.54, 1.807) is 0 Å². The van der Waals surface area contributed by atoms with Gasteiger partial charge >= 0.3 is 6.18 Å². The number of alkyl halides is 3. The van der Waals surface area contributed by atoms with Crippen LogP contribution in [-0.2, 0) is 13.1 Å². The van der Waals surface area contributed by atoms with Crippen molar-refractivity contribution in [2.45, 2.75) is 58.4 Å². The predicted octanol–water partition coefficient (Wildman–Crippen LogP) is 3.61. The normalized spacial score (nSPS) is 15.9. The van der Waals surface area contributed by atoms with Gasteiger partial charge in [0.15, 0.2) is 0 Å². The summed E-state index contributed by atoms with van der Waals surface area (Å²) in [6.07, 6.45) is -1.43. The Hall–Kier alpha value is -1.01. The zero-order valence-electron chi connectivity index (χ0n) is 12.6. The first-order valence-electron chi connectivity index (χ1n) is 7.48. The molecule has 6 heteroatoms. The molecule has 1 N–H and O–H groups in total. The van der Waals surface area contributed by atoms with Crippen molar-refractivity contribution in [1.29, 1.82) is 0 Å². The Morgan fingerprint density at radius 1 is 1.38 bits per heavy atom. The summed E-state index contributed by atoms with van der Waals surface area (Å²) in [6.45, 7) is 4.92. The molecular weight excluding hydrogens is 281 g/mol. The van der Waals surface area contributed by atoms with Gasteiger partial charge in [-0.05, 0) is 44.4 Å². The van der Waals surface area contributed by atoms with Crippen LogP contribution in [0.15, 0.2) is 10.5 Å². The standard InChI is InChI=1S/C15H23F3N2O/c1-3-6-19-8-14-11(2)7-13(21-14)9-20(12-4-5-12)10-15(16,17)18/h7,12,19H,3-6,8-10H2,1-2H3. The molecule has 0 amide bonds. The Bertz CT molecular complexity index is 452. The van der Waals surface area contributed by atoms with Gasteiger partial charge in [0.25, 0.3) is 0 Å². The van der Waals surface area contributed by atoms with Crippen molar-refractivity contribution < 1.29 is 17.6 Å². The molecule has 1 fully saturated rings. The van der Waals surface area contributed by atoms with Crippen LogP contribution in [0.1, 0.15) is 43.3 Å². The van der Waals surface area contributed by atoms with E-state index in [1.807, 2.05) is 13.0 Å². The summed E-state index contributed by atoms with van der Waals surface area (Å²) in [7, 11) is 0. The minimum Gasteiger partial charge on any atom is -0.463 e. The Kier molecular flexibility index (Phi) is 5.32. The van der Waals surface area contributed by atoms with E-state index in [0.717, 1.165) is 37.1 Å². The van der Waals surface area contributed by atoms with Crippen LogP contribution in [0, 0.1) is 6.92 Å². The number of hydrogen-bond acceptors (Lipinski definition) is 3. The van der Waals surface area contributed by atoms with Crippen molar-refractivity contribution in [3.63, 3.8) is 0 Å². The molecule has 3 nitrogen and oxygen atoms in total. The van der Waals surface area contributed by atoms with Gasteiger partial charge in [0.05, 0.1) is 19.6 Å². The molecule has 0 aromatic carbocycles. The number of rotatable bonds is 8. The van der Waals surface area contributed by atoms with Gasteiger partial charge in [0, 0.05) is 6.04 Å². The third-order valence-corrected chi connectivity index (χ3v) is 3.59. The summed E-state index contributed by atoms with van der Waals surface area (Å²) in [4.78, 5) is 1.47. The van der Waals surface area contributed by atoms with Crippen LogP contribution in [0.5, 0.6) is 0 Å². The van der Waals surface area contributed by atoms with Gasteiger partial charge in [-0.15, -0.1) is 0 Å². The number of hydrogen-bond donors (Lipinski definition) is 1. The maximum atomic E-state index is 12.6. The molecular formula is C15H23F3N2O. The minimum absolute atomic E-state index is 0.0543. The van der Waals surface area contributed by atoms with Crippen molar-refractivity contribution in [3.8, 4) is 0 Å². The largest absolute Gasteiger partial charge is 0.463 e. The van der Waals surface area contributed by atoms with Crippen LogP contribution in [0.3, 0.4) is 0 Å². The molecule has 1 aromatic heterocycles. The fourth-order valence-corrected chi connectivity index (χ4v) is 2.41. The number of furan rings is 1. The first kappa shape index (κ1) is 16.4. The van der Waals surface area contributed by atoms with Crippen LogP contribution < -0.4 is 5.32 Å². The smallest absolute Gasteiger partial charge is 0.401 e. The Morgan fingerprint density at radius 3 is 2.67 bits per heavy atom. The van der Waals surface area contributed by atoms with Gasteiger partial charge in [-0.3, -0.25) is 4.90 Å². The summed E-state index contributed by atoms with van der Waals surface area (Å²) < 4.78 is 43.5. The van der Waals surface area contributed by atoms with E-state index in [-0.39, 0.29) is 12.6 Å². The molecule has 0 spiro atoms. The lowest BCUT2D eigenvalue weighted by Gasteiger charge is -2.22. The van der Waals surface area contributed by atoms with Crippen molar-refractivity contribution in [1.82, 2.24) is 10.2 Å². The van der Waals surface area contributed by atoms with E-state index >= 15 is 0 Å². The number of halogens is 3. The molecule has 0 atom stereocenters. The second-order valence-corrected chi connectivity index (χ2v) is 5.75. The van der Waals surface area contributed by atoms with Gasteiger partial charge in [-0.25, -0.2) is 0 Å². The second-order valence-electron chi connectivity index (χ2n) is 5.75. The lowest BCUT2D eigenvalue weighted by molar-refractivity contribution is -0.148. The van der Waals surface area contributed by atoms with E-state index in [4.69, 9.17) is 4.42 Å². The number of aryl methyl sites for hydroxylation is 1. The van der Waals surface area contributed by atoms with Gasteiger partial charge < -0.3 is 9.73 Å². The molecule has 0 bridgehead atoms. The molecule has 1 aliphatic carbocycles.